The van der Waals surface area contributed by atoms with Gasteiger partial charge in [-0.2, -0.15) is 5.10 Å². The highest BCUT2D eigenvalue weighted by molar-refractivity contribution is 6.09. The topological polar surface area (TPSA) is 89.5 Å². The van der Waals surface area contributed by atoms with Crippen LogP contribution in [0.15, 0.2) is 71.8 Å². The molecule has 0 fully saturated rings. The number of aromatic nitrogens is 1. The molecule has 1 heterocycles. The number of para-hydroxylation sites is 2. The first-order valence-electron chi connectivity index (χ1n) is 9.18. The van der Waals surface area contributed by atoms with Crippen molar-refractivity contribution < 1.29 is 9.72 Å². The van der Waals surface area contributed by atoms with Crippen molar-refractivity contribution in [3.8, 4) is 0 Å². The van der Waals surface area contributed by atoms with Gasteiger partial charge in [-0.1, -0.05) is 36.4 Å². The fourth-order valence-electron chi connectivity index (χ4n) is 3.54. The molecule has 0 aliphatic heterocycles. The minimum atomic E-state index is -0.628. The van der Waals surface area contributed by atoms with Crippen molar-refractivity contribution in [3.05, 3.63) is 88.0 Å². The SMILES string of the molecule is CCn1c2ccccc2c2cc(C=NNC(=O)c3ccccc3[N+](=O)[O-])ccc21. The molecule has 0 atom stereocenters. The summed E-state index contributed by atoms with van der Waals surface area (Å²) in [5, 5.41) is 17.3. The largest absolute Gasteiger partial charge is 0.341 e. The zero-order chi connectivity index (χ0) is 20.4. The van der Waals surface area contributed by atoms with E-state index in [4.69, 9.17) is 0 Å². The summed E-state index contributed by atoms with van der Waals surface area (Å²) in [5.41, 5.74) is 5.20. The normalized spacial score (nSPS) is 11.3. The van der Waals surface area contributed by atoms with Crippen LogP contribution < -0.4 is 5.43 Å². The van der Waals surface area contributed by atoms with Crippen molar-refractivity contribution in [2.75, 3.05) is 0 Å². The smallest absolute Gasteiger partial charge is 0.282 e. The van der Waals surface area contributed by atoms with E-state index in [9.17, 15) is 14.9 Å². The summed E-state index contributed by atoms with van der Waals surface area (Å²) >= 11 is 0. The number of nitrogens with zero attached hydrogens (tertiary/aromatic N) is 3. The highest BCUT2D eigenvalue weighted by atomic mass is 16.6. The molecule has 0 bridgehead atoms. The van der Waals surface area contributed by atoms with Gasteiger partial charge in [0.25, 0.3) is 11.6 Å². The van der Waals surface area contributed by atoms with Gasteiger partial charge in [-0.25, -0.2) is 5.43 Å². The average Bonchev–Trinajstić information content (AvgIpc) is 3.06. The van der Waals surface area contributed by atoms with E-state index in [1.807, 2.05) is 30.3 Å². The van der Waals surface area contributed by atoms with Crippen LogP contribution in [-0.4, -0.2) is 21.6 Å². The summed E-state index contributed by atoms with van der Waals surface area (Å²) in [4.78, 5) is 22.7. The van der Waals surface area contributed by atoms with E-state index in [1.54, 1.807) is 6.07 Å². The Kier molecular flexibility index (Phi) is 4.78. The molecular weight excluding hydrogens is 368 g/mol. The van der Waals surface area contributed by atoms with Crippen molar-refractivity contribution >= 4 is 39.6 Å². The van der Waals surface area contributed by atoms with Crippen molar-refractivity contribution in [2.45, 2.75) is 13.5 Å². The third kappa shape index (κ3) is 3.34. The molecule has 0 spiro atoms. The quantitative estimate of drug-likeness (QED) is 0.311. The van der Waals surface area contributed by atoms with Gasteiger partial charge < -0.3 is 4.57 Å². The van der Waals surface area contributed by atoms with Crippen LogP contribution in [0.5, 0.6) is 0 Å². The monoisotopic (exact) mass is 386 g/mol. The second-order valence-corrected chi connectivity index (χ2v) is 6.51. The van der Waals surface area contributed by atoms with Gasteiger partial charge in [0, 0.05) is 34.4 Å². The molecule has 4 aromatic rings. The van der Waals surface area contributed by atoms with Crippen LogP contribution in [0, 0.1) is 10.1 Å². The molecule has 7 nitrogen and oxygen atoms in total. The zero-order valence-corrected chi connectivity index (χ0v) is 15.7. The number of carbonyl (C=O) groups excluding carboxylic acids is 1. The summed E-state index contributed by atoms with van der Waals surface area (Å²) in [6, 6.07) is 20.0. The van der Waals surface area contributed by atoms with E-state index in [-0.39, 0.29) is 11.3 Å². The van der Waals surface area contributed by atoms with Gasteiger partial charge in [-0.15, -0.1) is 0 Å². The average molecular weight is 386 g/mol. The van der Waals surface area contributed by atoms with Crippen LogP contribution in [-0.2, 0) is 6.54 Å². The van der Waals surface area contributed by atoms with E-state index in [2.05, 4.69) is 34.2 Å². The molecule has 0 aliphatic rings. The summed E-state index contributed by atoms with van der Waals surface area (Å²) in [7, 11) is 0. The van der Waals surface area contributed by atoms with Gasteiger partial charge in [0.2, 0.25) is 0 Å². The fraction of sp³-hybridized carbons (Fsp3) is 0.0909. The Morgan fingerprint density at radius 1 is 1.07 bits per heavy atom. The van der Waals surface area contributed by atoms with Gasteiger partial charge in [-0.05, 0) is 36.8 Å². The van der Waals surface area contributed by atoms with Crippen LogP contribution in [0.4, 0.5) is 5.69 Å². The number of hydrogen-bond acceptors (Lipinski definition) is 4. The Morgan fingerprint density at radius 3 is 2.59 bits per heavy atom. The van der Waals surface area contributed by atoms with Crippen LogP contribution >= 0.6 is 0 Å². The maximum atomic E-state index is 12.3. The van der Waals surface area contributed by atoms with Crippen molar-refractivity contribution in [2.24, 2.45) is 5.10 Å². The minimum Gasteiger partial charge on any atom is -0.341 e. The third-order valence-electron chi connectivity index (χ3n) is 4.84. The Bertz CT molecular complexity index is 1270. The van der Waals surface area contributed by atoms with Crippen LogP contribution in [0.3, 0.4) is 0 Å². The van der Waals surface area contributed by atoms with E-state index in [1.165, 1.54) is 29.9 Å². The number of amides is 1. The Morgan fingerprint density at radius 2 is 1.79 bits per heavy atom. The highest BCUT2D eigenvalue weighted by Gasteiger charge is 2.18. The first-order chi connectivity index (χ1) is 14.1. The molecule has 1 N–H and O–H groups in total. The number of hydrogen-bond donors (Lipinski definition) is 1. The number of benzene rings is 3. The van der Waals surface area contributed by atoms with Gasteiger partial charge in [0.1, 0.15) is 5.56 Å². The maximum absolute atomic E-state index is 12.3. The Labute approximate surface area is 166 Å². The predicted octanol–water partition coefficient (Wildman–Crippen LogP) is 4.49. The van der Waals surface area contributed by atoms with Gasteiger partial charge in [-0.3, -0.25) is 14.9 Å². The summed E-state index contributed by atoms with van der Waals surface area (Å²) in [5.74, 6) is -0.628. The molecular formula is C22H18N4O3. The van der Waals surface area contributed by atoms with E-state index < -0.39 is 10.8 Å². The zero-order valence-electron chi connectivity index (χ0n) is 15.7. The highest BCUT2D eigenvalue weighted by Crippen LogP contribution is 2.29. The molecule has 1 aromatic heterocycles. The van der Waals surface area contributed by atoms with Crippen molar-refractivity contribution in [1.82, 2.24) is 9.99 Å². The Balaban J connectivity index is 1.62. The number of hydrazone groups is 1. The van der Waals surface area contributed by atoms with Gasteiger partial charge >= 0.3 is 0 Å². The number of rotatable bonds is 5. The van der Waals surface area contributed by atoms with Crippen LogP contribution in [0.25, 0.3) is 21.8 Å². The van der Waals surface area contributed by atoms with Gasteiger partial charge in [0.05, 0.1) is 11.1 Å². The number of fused-ring (bicyclic) bond motifs is 3. The second-order valence-electron chi connectivity index (χ2n) is 6.51. The Hall–Kier alpha value is -4.00. The first kappa shape index (κ1) is 18.4. The molecule has 29 heavy (non-hydrogen) atoms. The number of nitrogens with one attached hydrogen (secondary N) is 1. The minimum absolute atomic E-state index is 0.0314. The van der Waals surface area contributed by atoms with E-state index >= 15 is 0 Å². The summed E-state index contributed by atoms with van der Waals surface area (Å²) < 4.78 is 2.25. The van der Waals surface area contributed by atoms with Crippen molar-refractivity contribution in [3.63, 3.8) is 0 Å². The lowest BCUT2D eigenvalue weighted by Gasteiger charge is -2.03. The lowest BCUT2D eigenvalue weighted by atomic mass is 10.1. The molecule has 4 rings (SSSR count). The molecule has 144 valence electrons. The van der Waals surface area contributed by atoms with Crippen LogP contribution in [0.1, 0.15) is 22.8 Å². The number of carbonyl (C=O) groups is 1. The maximum Gasteiger partial charge on any atom is 0.282 e. The molecule has 0 saturated carbocycles. The predicted molar refractivity (Wildman–Crippen MR) is 113 cm³/mol. The fourth-order valence-corrected chi connectivity index (χ4v) is 3.54. The lowest BCUT2D eigenvalue weighted by Crippen LogP contribution is -2.18. The number of nitro benzene ring substituents is 1. The van der Waals surface area contributed by atoms with E-state index in [0.29, 0.717) is 0 Å². The van der Waals surface area contributed by atoms with Gasteiger partial charge in [0.15, 0.2) is 0 Å². The molecule has 3 aromatic carbocycles. The standard InChI is InChI=1S/C22H18N4O3/c1-2-25-19-9-5-3-7-16(19)18-13-15(11-12-20(18)25)14-23-24-22(27)17-8-4-6-10-21(17)26(28)29/h3-14H,2H2,1H3,(H,24,27). The number of aryl methyl sites for hydroxylation is 1. The second kappa shape index (κ2) is 7.55. The molecule has 0 unspecified atom stereocenters. The molecule has 0 aliphatic carbocycles. The van der Waals surface area contributed by atoms with Crippen molar-refractivity contribution in [1.29, 1.82) is 0 Å². The van der Waals surface area contributed by atoms with E-state index in [0.717, 1.165) is 28.4 Å². The summed E-state index contributed by atoms with van der Waals surface area (Å²) in [6.45, 7) is 2.98. The lowest BCUT2D eigenvalue weighted by molar-refractivity contribution is -0.385. The van der Waals surface area contributed by atoms with Crippen LogP contribution in [0.2, 0.25) is 0 Å². The number of nitro groups is 1. The summed E-state index contributed by atoms with van der Waals surface area (Å²) in [6.07, 6.45) is 1.53. The molecule has 7 heteroatoms. The molecule has 0 radical (unpaired) electrons. The molecule has 1 amide bonds. The third-order valence-corrected chi connectivity index (χ3v) is 4.84. The molecule has 0 saturated heterocycles. The first-order valence-corrected chi connectivity index (χ1v) is 9.18.